The summed E-state index contributed by atoms with van der Waals surface area (Å²) in [7, 11) is 0. The first-order valence-corrected chi connectivity index (χ1v) is 8.36. The molecule has 1 fully saturated rings. The first-order chi connectivity index (χ1) is 11.1. The third-order valence-electron chi connectivity index (χ3n) is 4.76. The Bertz CT molecular complexity index is 685. The van der Waals surface area contributed by atoms with E-state index in [1.165, 1.54) is 0 Å². The smallest absolute Gasteiger partial charge is 0.258 e. The zero-order valence-corrected chi connectivity index (χ0v) is 14.2. The van der Waals surface area contributed by atoms with Crippen LogP contribution in [0.2, 0.25) is 0 Å². The number of quaternary nitrogens is 1. The van der Waals surface area contributed by atoms with E-state index in [-0.39, 0.29) is 5.91 Å². The minimum atomic E-state index is 0.123. The van der Waals surface area contributed by atoms with Crippen LogP contribution in [0.5, 0.6) is 0 Å². The third kappa shape index (κ3) is 3.01. The number of amides is 1. The molecule has 1 aliphatic rings. The molecule has 0 aliphatic carbocycles. The van der Waals surface area contributed by atoms with Crippen LogP contribution in [-0.4, -0.2) is 53.3 Å². The fourth-order valence-corrected chi connectivity index (χ4v) is 3.31. The van der Waals surface area contributed by atoms with E-state index in [1.54, 1.807) is 4.90 Å². The van der Waals surface area contributed by atoms with Crippen LogP contribution < -0.4 is 4.90 Å². The van der Waals surface area contributed by atoms with E-state index in [4.69, 9.17) is 0 Å². The highest BCUT2D eigenvalue weighted by molar-refractivity contribution is 5.96. The Labute approximate surface area is 137 Å². The number of carbonyl (C=O) groups is 1. The number of hydrogen-bond donors (Lipinski definition) is 1. The topological polar surface area (TPSA) is 42.6 Å². The molecule has 2 heterocycles. The summed E-state index contributed by atoms with van der Waals surface area (Å²) in [6.45, 7) is 11.0. The maximum Gasteiger partial charge on any atom is 0.258 e. The highest BCUT2D eigenvalue weighted by atomic mass is 16.2. The summed E-state index contributed by atoms with van der Waals surface area (Å²) in [6.07, 6.45) is 0. The number of piperazine rings is 1. The quantitative estimate of drug-likeness (QED) is 0.913. The number of likely N-dealkylation sites (N-methyl/N-ethyl adjacent to an activating group) is 1. The van der Waals surface area contributed by atoms with E-state index in [1.807, 2.05) is 53.8 Å². The van der Waals surface area contributed by atoms with Crippen molar-refractivity contribution in [2.24, 2.45) is 0 Å². The van der Waals surface area contributed by atoms with E-state index in [0.717, 1.165) is 55.4 Å². The van der Waals surface area contributed by atoms with Crippen LogP contribution >= 0.6 is 0 Å². The molecule has 5 heteroatoms. The number of carbonyl (C=O) groups excluding carboxylic acids is 1. The lowest BCUT2D eigenvalue weighted by Crippen LogP contribution is -3.14. The minimum absolute atomic E-state index is 0.123. The lowest BCUT2D eigenvalue weighted by atomic mass is 10.1. The fourth-order valence-electron chi connectivity index (χ4n) is 3.31. The molecule has 1 amide bonds. The minimum Gasteiger partial charge on any atom is -0.332 e. The van der Waals surface area contributed by atoms with Gasteiger partial charge in [0.25, 0.3) is 5.91 Å². The van der Waals surface area contributed by atoms with Crippen LogP contribution in [-0.2, 0) is 0 Å². The molecule has 1 aromatic heterocycles. The van der Waals surface area contributed by atoms with Gasteiger partial charge in [-0.05, 0) is 32.9 Å². The van der Waals surface area contributed by atoms with Gasteiger partial charge >= 0.3 is 0 Å². The van der Waals surface area contributed by atoms with Crippen LogP contribution in [0.1, 0.15) is 28.7 Å². The lowest BCUT2D eigenvalue weighted by Gasteiger charge is -2.31. The van der Waals surface area contributed by atoms with Gasteiger partial charge in [-0.15, -0.1) is 0 Å². The second-order valence-corrected chi connectivity index (χ2v) is 6.19. The molecular weight excluding hydrogens is 288 g/mol. The Morgan fingerprint density at radius 3 is 2.43 bits per heavy atom. The molecular formula is C18H25N4O+. The summed E-state index contributed by atoms with van der Waals surface area (Å²) in [6, 6.07) is 9.98. The predicted octanol–water partition coefficient (Wildman–Crippen LogP) is 0.850. The van der Waals surface area contributed by atoms with Crippen molar-refractivity contribution in [1.82, 2.24) is 14.7 Å². The van der Waals surface area contributed by atoms with Gasteiger partial charge in [-0.3, -0.25) is 4.79 Å². The summed E-state index contributed by atoms with van der Waals surface area (Å²) >= 11 is 0. The highest BCUT2D eigenvalue weighted by Gasteiger charge is 2.28. The normalized spacial score (nSPS) is 15.9. The maximum absolute atomic E-state index is 12.9. The molecule has 23 heavy (non-hydrogen) atoms. The largest absolute Gasteiger partial charge is 0.332 e. The second-order valence-electron chi connectivity index (χ2n) is 6.19. The maximum atomic E-state index is 12.9. The van der Waals surface area contributed by atoms with Crippen LogP contribution in [0, 0.1) is 13.8 Å². The third-order valence-corrected chi connectivity index (χ3v) is 4.76. The molecule has 1 N–H and O–H groups in total. The van der Waals surface area contributed by atoms with E-state index in [2.05, 4.69) is 12.0 Å². The van der Waals surface area contributed by atoms with Gasteiger partial charge in [0.05, 0.1) is 55.4 Å². The van der Waals surface area contributed by atoms with Crippen LogP contribution in [0.4, 0.5) is 0 Å². The van der Waals surface area contributed by atoms with Gasteiger partial charge in [-0.25, -0.2) is 4.68 Å². The zero-order valence-electron chi connectivity index (χ0n) is 14.2. The van der Waals surface area contributed by atoms with E-state index >= 15 is 0 Å². The summed E-state index contributed by atoms with van der Waals surface area (Å²) < 4.78 is 1.87. The fraction of sp³-hybridized carbons (Fsp3) is 0.444. The molecule has 2 aromatic rings. The molecule has 0 radical (unpaired) electrons. The van der Waals surface area contributed by atoms with Crippen molar-refractivity contribution in [3.05, 3.63) is 47.3 Å². The lowest BCUT2D eigenvalue weighted by molar-refractivity contribution is -0.902. The van der Waals surface area contributed by atoms with Gasteiger partial charge in [-0.2, -0.15) is 5.10 Å². The molecule has 0 bridgehead atoms. The molecule has 0 spiro atoms. The van der Waals surface area contributed by atoms with Gasteiger partial charge in [0.1, 0.15) is 0 Å². The van der Waals surface area contributed by atoms with Gasteiger partial charge in [0.15, 0.2) is 0 Å². The van der Waals surface area contributed by atoms with Crippen molar-refractivity contribution in [2.75, 3.05) is 32.7 Å². The summed E-state index contributed by atoms with van der Waals surface area (Å²) in [5, 5.41) is 4.59. The van der Waals surface area contributed by atoms with E-state index in [0.29, 0.717) is 0 Å². The van der Waals surface area contributed by atoms with E-state index < -0.39 is 0 Å². The summed E-state index contributed by atoms with van der Waals surface area (Å²) in [4.78, 5) is 16.5. The van der Waals surface area contributed by atoms with Crippen molar-refractivity contribution in [2.45, 2.75) is 20.8 Å². The SMILES string of the molecule is CC[NH+]1CCN(C(=O)c2c(C)nn(-c3ccccc3)c2C)CC1. The van der Waals surface area contributed by atoms with Crippen LogP contribution in [0.25, 0.3) is 5.69 Å². The number of nitrogens with zero attached hydrogens (tertiary/aromatic N) is 3. The van der Waals surface area contributed by atoms with Crippen molar-refractivity contribution in [3.8, 4) is 5.69 Å². The predicted molar refractivity (Wildman–Crippen MR) is 90.2 cm³/mol. The first-order valence-electron chi connectivity index (χ1n) is 8.36. The number of hydrogen-bond acceptors (Lipinski definition) is 2. The Hall–Kier alpha value is -2.14. The molecule has 1 aliphatic heterocycles. The Morgan fingerprint density at radius 1 is 1.17 bits per heavy atom. The summed E-state index contributed by atoms with van der Waals surface area (Å²) in [5.41, 5.74) is 3.48. The van der Waals surface area contributed by atoms with Crippen molar-refractivity contribution in [3.63, 3.8) is 0 Å². The molecule has 0 unspecified atom stereocenters. The molecule has 1 saturated heterocycles. The number of aryl methyl sites for hydroxylation is 1. The van der Waals surface area contributed by atoms with Crippen molar-refractivity contribution >= 4 is 5.91 Å². The van der Waals surface area contributed by atoms with Crippen molar-refractivity contribution in [1.29, 1.82) is 0 Å². The average Bonchev–Trinajstić information content (AvgIpc) is 2.89. The molecule has 5 nitrogen and oxygen atoms in total. The number of aromatic nitrogens is 2. The number of nitrogens with one attached hydrogen (secondary N) is 1. The number of benzene rings is 1. The highest BCUT2D eigenvalue weighted by Crippen LogP contribution is 2.19. The Morgan fingerprint density at radius 2 is 1.83 bits per heavy atom. The van der Waals surface area contributed by atoms with Gasteiger partial charge in [0, 0.05) is 0 Å². The molecule has 1 aromatic carbocycles. The zero-order chi connectivity index (χ0) is 16.4. The standard InChI is InChI=1S/C18H24N4O/c1-4-20-10-12-21(13-11-20)18(23)17-14(2)19-22(15(17)3)16-8-6-5-7-9-16/h5-9H,4,10-13H2,1-3H3/p+1. The van der Waals surface area contributed by atoms with E-state index in [9.17, 15) is 4.79 Å². The molecule has 3 rings (SSSR count). The van der Waals surface area contributed by atoms with Crippen LogP contribution in [0.15, 0.2) is 30.3 Å². The van der Waals surface area contributed by atoms with Gasteiger partial charge < -0.3 is 9.80 Å². The first kappa shape index (κ1) is 15.7. The van der Waals surface area contributed by atoms with Crippen LogP contribution in [0.3, 0.4) is 0 Å². The number of para-hydroxylation sites is 1. The summed E-state index contributed by atoms with van der Waals surface area (Å²) in [5.74, 6) is 0.123. The molecule has 0 saturated carbocycles. The monoisotopic (exact) mass is 313 g/mol. The van der Waals surface area contributed by atoms with Gasteiger partial charge in [0.2, 0.25) is 0 Å². The Kier molecular flexibility index (Phi) is 4.48. The van der Waals surface area contributed by atoms with Gasteiger partial charge in [-0.1, -0.05) is 18.2 Å². The molecule has 122 valence electrons. The van der Waals surface area contributed by atoms with Crippen molar-refractivity contribution < 1.29 is 9.69 Å². The molecule has 0 atom stereocenters. The number of rotatable bonds is 3. The Balaban J connectivity index is 1.86. The average molecular weight is 313 g/mol. The second kappa shape index (κ2) is 6.54.